The van der Waals surface area contributed by atoms with Crippen molar-refractivity contribution in [1.29, 1.82) is 5.41 Å². The zero-order chi connectivity index (χ0) is 14.7. The molecule has 104 valence electrons. The first kappa shape index (κ1) is 15.1. The summed E-state index contributed by atoms with van der Waals surface area (Å²) in [5.41, 5.74) is 8.52. The molecular formula is C15H15Br2N3. The molecule has 0 saturated heterocycles. The van der Waals surface area contributed by atoms with Crippen molar-refractivity contribution in [3.05, 3.63) is 62.5 Å². The van der Waals surface area contributed by atoms with Crippen LogP contribution in [0, 0.1) is 5.41 Å². The van der Waals surface area contributed by atoms with Gasteiger partial charge in [0.1, 0.15) is 5.84 Å². The standard InChI is InChI=1S/C15H15Br2N3/c1-20(9-10-4-2-3-5-13(10)16)11-6-7-12(15(18)19)14(17)8-11/h2-8H,9H2,1H3,(H3,18,19). The Hall–Kier alpha value is -1.33. The first-order valence-corrected chi connectivity index (χ1v) is 7.66. The zero-order valence-corrected chi connectivity index (χ0v) is 14.2. The van der Waals surface area contributed by atoms with Crippen molar-refractivity contribution in [3.63, 3.8) is 0 Å². The molecule has 2 aromatic rings. The summed E-state index contributed by atoms with van der Waals surface area (Å²) in [6.45, 7) is 0.799. The summed E-state index contributed by atoms with van der Waals surface area (Å²) < 4.78 is 1.94. The molecule has 2 rings (SSSR count). The maximum Gasteiger partial charge on any atom is 0.123 e. The number of hydrogen-bond donors (Lipinski definition) is 2. The second kappa shape index (κ2) is 6.41. The van der Waals surface area contributed by atoms with Crippen LogP contribution in [0.15, 0.2) is 51.4 Å². The van der Waals surface area contributed by atoms with Crippen LogP contribution in [0.4, 0.5) is 5.69 Å². The maximum atomic E-state index is 7.49. The van der Waals surface area contributed by atoms with Crippen LogP contribution in [-0.4, -0.2) is 12.9 Å². The van der Waals surface area contributed by atoms with Crippen LogP contribution in [-0.2, 0) is 6.54 Å². The fourth-order valence-electron chi connectivity index (χ4n) is 1.93. The van der Waals surface area contributed by atoms with E-state index in [9.17, 15) is 0 Å². The lowest BCUT2D eigenvalue weighted by Crippen LogP contribution is -2.17. The van der Waals surface area contributed by atoms with E-state index in [0.717, 1.165) is 21.2 Å². The number of halogens is 2. The molecule has 0 unspecified atom stereocenters. The smallest absolute Gasteiger partial charge is 0.123 e. The Morgan fingerprint density at radius 1 is 1.15 bits per heavy atom. The average Bonchev–Trinajstić information content (AvgIpc) is 2.40. The second-order valence-corrected chi connectivity index (χ2v) is 6.23. The van der Waals surface area contributed by atoms with Crippen LogP contribution in [0.5, 0.6) is 0 Å². The highest BCUT2D eigenvalue weighted by Gasteiger charge is 2.08. The van der Waals surface area contributed by atoms with Crippen molar-refractivity contribution in [1.82, 2.24) is 0 Å². The van der Waals surface area contributed by atoms with E-state index >= 15 is 0 Å². The van der Waals surface area contributed by atoms with Crippen LogP contribution in [0.25, 0.3) is 0 Å². The summed E-state index contributed by atoms with van der Waals surface area (Å²) in [6.07, 6.45) is 0. The second-order valence-electron chi connectivity index (χ2n) is 4.53. The molecule has 0 aromatic heterocycles. The minimum atomic E-state index is 0.0666. The van der Waals surface area contributed by atoms with E-state index in [4.69, 9.17) is 11.1 Å². The van der Waals surface area contributed by atoms with Gasteiger partial charge in [0, 0.05) is 33.8 Å². The molecule has 0 radical (unpaired) electrons. The number of anilines is 1. The van der Waals surface area contributed by atoms with E-state index in [2.05, 4.69) is 42.8 Å². The Morgan fingerprint density at radius 3 is 2.45 bits per heavy atom. The van der Waals surface area contributed by atoms with Gasteiger partial charge in [-0.3, -0.25) is 5.41 Å². The number of nitrogens with one attached hydrogen (secondary N) is 1. The Kier molecular flexibility index (Phi) is 4.83. The molecule has 0 aliphatic carbocycles. The Morgan fingerprint density at radius 2 is 1.85 bits per heavy atom. The van der Waals surface area contributed by atoms with Gasteiger partial charge < -0.3 is 10.6 Å². The molecule has 0 aliphatic heterocycles. The minimum absolute atomic E-state index is 0.0666. The minimum Gasteiger partial charge on any atom is -0.384 e. The average molecular weight is 397 g/mol. The molecule has 0 aliphatic rings. The summed E-state index contributed by atoms with van der Waals surface area (Å²) in [7, 11) is 2.04. The third-order valence-electron chi connectivity index (χ3n) is 3.05. The summed E-state index contributed by atoms with van der Waals surface area (Å²) in [5, 5.41) is 7.49. The number of amidine groups is 1. The SMILES string of the molecule is CN(Cc1ccccc1Br)c1ccc(C(=N)N)c(Br)c1. The highest BCUT2D eigenvalue weighted by Crippen LogP contribution is 2.25. The van der Waals surface area contributed by atoms with Gasteiger partial charge in [0.25, 0.3) is 0 Å². The lowest BCUT2D eigenvalue weighted by Gasteiger charge is -2.21. The van der Waals surface area contributed by atoms with Gasteiger partial charge in [-0.2, -0.15) is 0 Å². The molecule has 3 N–H and O–H groups in total. The normalized spacial score (nSPS) is 10.3. The van der Waals surface area contributed by atoms with E-state index in [-0.39, 0.29) is 5.84 Å². The molecule has 0 saturated carbocycles. The molecule has 20 heavy (non-hydrogen) atoms. The van der Waals surface area contributed by atoms with Gasteiger partial charge in [-0.1, -0.05) is 34.1 Å². The summed E-state index contributed by atoms with van der Waals surface area (Å²) in [5.74, 6) is 0.0666. The van der Waals surface area contributed by atoms with Gasteiger partial charge in [-0.05, 0) is 45.8 Å². The Labute approximate surface area is 135 Å². The van der Waals surface area contributed by atoms with Gasteiger partial charge in [0.15, 0.2) is 0 Å². The fraction of sp³-hybridized carbons (Fsp3) is 0.133. The summed E-state index contributed by atoms with van der Waals surface area (Å²) in [6, 6.07) is 14.0. The van der Waals surface area contributed by atoms with Crippen LogP contribution in [0.1, 0.15) is 11.1 Å². The molecule has 0 spiro atoms. The first-order chi connectivity index (χ1) is 9.49. The van der Waals surface area contributed by atoms with Gasteiger partial charge in [-0.25, -0.2) is 0 Å². The molecule has 3 nitrogen and oxygen atoms in total. The molecular weight excluding hydrogens is 382 g/mol. The number of benzene rings is 2. The van der Waals surface area contributed by atoms with Crippen LogP contribution in [0.3, 0.4) is 0 Å². The van der Waals surface area contributed by atoms with Crippen molar-refractivity contribution < 1.29 is 0 Å². The third kappa shape index (κ3) is 3.41. The number of nitrogens with two attached hydrogens (primary N) is 1. The highest BCUT2D eigenvalue weighted by atomic mass is 79.9. The molecule has 0 atom stereocenters. The van der Waals surface area contributed by atoms with Crippen molar-refractivity contribution in [2.24, 2.45) is 5.73 Å². The van der Waals surface area contributed by atoms with Gasteiger partial charge in [0.05, 0.1) is 0 Å². The van der Waals surface area contributed by atoms with E-state index in [1.54, 1.807) is 0 Å². The highest BCUT2D eigenvalue weighted by molar-refractivity contribution is 9.10. The topological polar surface area (TPSA) is 53.1 Å². The quantitative estimate of drug-likeness (QED) is 0.602. The summed E-state index contributed by atoms with van der Waals surface area (Å²) >= 11 is 7.02. The van der Waals surface area contributed by atoms with Crippen molar-refractivity contribution in [2.45, 2.75) is 6.54 Å². The largest absolute Gasteiger partial charge is 0.384 e. The number of nitrogens with zero attached hydrogens (tertiary/aromatic N) is 1. The van der Waals surface area contributed by atoms with Crippen molar-refractivity contribution in [3.8, 4) is 0 Å². The van der Waals surface area contributed by atoms with Gasteiger partial charge >= 0.3 is 0 Å². The van der Waals surface area contributed by atoms with E-state index in [1.165, 1.54) is 5.56 Å². The molecule has 2 aromatic carbocycles. The van der Waals surface area contributed by atoms with Gasteiger partial charge in [-0.15, -0.1) is 0 Å². The molecule has 5 heteroatoms. The van der Waals surface area contributed by atoms with Crippen LogP contribution < -0.4 is 10.6 Å². The number of hydrogen-bond acceptors (Lipinski definition) is 2. The van der Waals surface area contributed by atoms with Crippen molar-refractivity contribution >= 4 is 43.4 Å². The number of nitrogen functional groups attached to an aromatic ring is 1. The Balaban J connectivity index is 2.22. The van der Waals surface area contributed by atoms with E-state index < -0.39 is 0 Å². The number of rotatable bonds is 4. The maximum absolute atomic E-state index is 7.49. The first-order valence-electron chi connectivity index (χ1n) is 6.07. The lowest BCUT2D eigenvalue weighted by atomic mass is 10.1. The van der Waals surface area contributed by atoms with Crippen LogP contribution >= 0.6 is 31.9 Å². The molecule has 0 fully saturated rings. The molecule has 0 bridgehead atoms. The zero-order valence-electron chi connectivity index (χ0n) is 11.0. The lowest BCUT2D eigenvalue weighted by molar-refractivity contribution is 0.918. The van der Waals surface area contributed by atoms with Gasteiger partial charge in [0.2, 0.25) is 0 Å². The Bertz CT molecular complexity index is 641. The third-order valence-corrected chi connectivity index (χ3v) is 4.48. The molecule has 0 amide bonds. The van der Waals surface area contributed by atoms with E-state index in [0.29, 0.717) is 5.56 Å². The molecule has 0 heterocycles. The van der Waals surface area contributed by atoms with Crippen LogP contribution in [0.2, 0.25) is 0 Å². The van der Waals surface area contributed by atoms with Crippen molar-refractivity contribution in [2.75, 3.05) is 11.9 Å². The predicted molar refractivity (Wildman–Crippen MR) is 91.4 cm³/mol. The monoisotopic (exact) mass is 395 g/mol. The van der Waals surface area contributed by atoms with E-state index in [1.807, 2.05) is 43.4 Å². The fourth-order valence-corrected chi connectivity index (χ4v) is 2.92. The predicted octanol–water partition coefficient (Wildman–Crippen LogP) is 4.13. The summed E-state index contributed by atoms with van der Waals surface area (Å²) in [4.78, 5) is 2.15.